The molecule has 1 aromatic rings. The first-order valence-corrected chi connectivity index (χ1v) is 7.35. The van der Waals surface area contributed by atoms with Crippen molar-refractivity contribution in [3.8, 4) is 11.5 Å². The highest BCUT2D eigenvalue weighted by Crippen LogP contribution is 2.33. The zero-order chi connectivity index (χ0) is 14.4. The second-order valence-corrected chi connectivity index (χ2v) is 5.63. The highest BCUT2D eigenvalue weighted by molar-refractivity contribution is 5.32. The average Bonchev–Trinajstić information content (AvgIpc) is 3.27. The van der Waals surface area contributed by atoms with Crippen LogP contribution in [0, 0.1) is 5.92 Å². The average molecular weight is 279 g/mol. The zero-order valence-electron chi connectivity index (χ0n) is 12.3. The van der Waals surface area contributed by atoms with Crippen LogP contribution >= 0.6 is 0 Å². The number of nitrogens with one attached hydrogen (secondary N) is 1. The van der Waals surface area contributed by atoms with E-state index in [2.05, 4.69) is 12.2 Å². The van der Waals surface area contributed by atoms with Crippen molar-refractivity contribution in [3.63, 3.8) is 0 Å². The Kier molecular flexibility index (Phi) is 5.68. The summed E-state index contributed by atoms with van der Waals surface area (Å²) in [6, 6.07) is 7.88. The monoisotopic (exact) mass is 279 g/mol. The zero-order valence-corrected chi connectivity index (χ0v) is 12.3. The van der Waals surface area contributed by atoms with Gasteiger partial charge >= 0.3 is 0 Å². The Morgan fingerprint density at radius 1 is 1.35 bits per heavy atom. The Morgan fingerprint density at radius 2 is 2.10 bits per heavy atom. The molecule has 0 spiro atoms. The van der Waals surface area contributed by atoms with Crippen molar-refractivity contribution in [2.24, 2.45) is 5.92 Å². The molecule has 20 heavy (non-hydrogen) atoms. The van der Waals surface area contributed by atoms with Gasteiger partial charge in [-0.2, -0.15) is 0 Å². The Morgan fingerprint density at radius 3 is 2.80 bits per heavy atom. The van der Waals surface area contributed by atoms with Gasteiger partial charge in [0.05, 0.1) is 7.11 Å². The molecule has 1 aliphatic rings. The third kappa shape index (κ3) is 5.39. The van der Waals surface area contributed by atoms with Crippen LogP contribution in [0.2, 0.25) is 0 Å². The first-order chi connectivity index (χ1) is 9.67. The highest BCUT2D eigenvalue weighted by atomic mass is 16.5. The quantitative estimate of drug-likeness (QED) is 0.727. The first-order valence-electron chi connectivity index (χ1n) is 7.35. The van der Waals surface area contributed by atoms with Gasteiger partial charge in [-0.05, 0) is 31.4 Å². The summed E-state index contributed by atoms with van der Waals surface area (Å²) in [7, 11) is 1.62. The molecule has 4 heteroatoms. The summed E-state index contributed by atoms with van der Waals surface area (Å²) in [5.74, 6) is 2.38. The molecule has 4 nitrogen and oxygen atoms in total. The molecule has 0 radical (unpaired) electrons. The lowest BCUT2D eigenvalue weighted by Gasteiger charge is -2.17. The van der Waals surface area contributed by atoms with E-state index in [0.29, 0.717) is 12.6 Å². The van der Waals surface area contributed by atoms with Crippen LogP contribution in [-0.4, -0.2) is 37.5 Å². The molecule has 0 saturated heterocycles. The van der Waals surface area contributed by atoms with Crippen molar-refractivity contribution in [1.29, 1.82) is 0 Å². The summed E-state index contributed by atoms with van der Waals surface area (Å²) in [5.41, 5.74) is 0. The van der Waals surface area contributed by atoms with Crippen LogP contribution in [0.5, 0.6) is 11.5 Å². The lowest BCUT2D eigenvalue weighted by atomic mass is 10.1. The van der Waals surface area contributed by atoms with E-state index < -0.39 is 6.10 Å². The lowest BCUT2D eigenvalue weighted by molar-refractivity contribution is 0.103. The van der Waals surface area contributed by atoms with Gasteiger partial charge in [-0.3, -0.25) is 0 Å². The molecule has 112 valence electrons. The summed E-state index contributed by atoms with van der Waals surface area (Å²) in [6.07, 6.45) is 3.45. The molecule has 0 heterocycles. The minimum Gasteiger partial charge on any atom is -0.497 e. The number of benzene rings is 1. The Labute approximate surface area is 121 Å². The molecule has 1 aliphatic carbocycles. The molecule has 1 saturated carbocycles. The molecule has 2 atom stereocenters. The van der Waals surface area contributed by atoms with E-state index in [1.54, 1.807) is 7.11 Å². The largest absolute Gasteiger partial charge is 0.497 e. The molecule has 2 N–H and O–H groups in total. The predicted molar refractivity (Wildman–Crippen MR) is 79.3 cm³/mol. The summed E-state index contributed by atoms with van der Waals surface area (Å²) in [6.45, 7) is 3.03. The molecule has 0 bridgehead atoms. The van der Waals surface area contributed by atoms with Crippen molar-refractivity contribution in [3.05, 3.63) is 24.3 Å². The highest BCUT2D eigenvalue weighted by Gasteiger charge is 2.23. The van der Waals surface area contributed by atoms with Gasteiger partial charge in [-0.1, -0.05) is 18.9 Å². The van der Waals surface area contributed by atoms with E-state index in [9.17, 15) is 5.11 Å². The minimum atomic E-state index is -0.497. The summed E-state index contributed by atoms with van der Waals surface area (Å²) in [4.78, 5) is 0. The predicted octanol–water partition coefficient (Wildman–Crippen LogP) is 2.21. The van der Waals surface area contributed by atoms with Gasteiger partial charge in [0.25, 0.3) is 0 Å². The second kappa shape index (κ2) is 7.50. The number of aliphatic hydroxyl groups excluding tert-OH is 1. The van der Waals surface area contributed by atoms with E-state index in [1.165, 1.54) is 19.3 Å². The van der Waals surface area contributed by atoms with E-state index in [4.69, 9.17) is 9.47 Å². The van der Waals surface area contributed by atoms with Crippen molar-refractivity contribution < 1.29 is 14.6 Å². The molecule has 1 fully saturated rings. The maximum atomic E-state index is 9.92. The maximum absolute atomic E-state index is 9.92. The van der Waals surface area contributed by atoms with Crippen molar-refractivity contribution in [1.82, 2.24) is 5.32 Å². The van der Waals surface area contributed by atoms with Gasteiger partial charge < -0.3 is 19.9 Å². The standard InChI is InChI=1S/C16H25NO3/c1-12(8-13-6-7-13)17-10-14(18)11-20-16-5-3-4-15(9-16)19-2/h3-5,9,12-14,17-18H,6-8,10-11H2,1-2H3. The molecular formula is C16H25NO3. The van der Waals surface area contributed by atoms with E-state index >= 15 is 0 Å². The van der Waals surface area contributed by atoms with Gasteiger partial charge in [0, 0.05) is 18.7 Å². The SMILES string of the molecule is COc1cccc(OCC(O)CNC(C)CC2CC2)c1. The van der Waals surface area contributed by atoms with Crippen molar-refractivity contribution in [2.75, 3.05) is 20.3 Å². The summed E-state index contributed by atoms with van der Waals surface area (Å²) in [5, 5.41) is 13.3. The number of methoxy groups -OCH3 is 1. The van der Waals surface area contributed by atoms with E-state index in [0.717, 1.165) is 17.4 Å². The van der Waals surface area contributed by atoms with Gasteiger partial charge in [-0.15, -0.1) is 0 Å². The fourth-order valence-electron chi connectivity index (χ4n) is 2.22. The summed E-state index contributed by atoms with van der Waals surface area (Å²) < 4.78 is 10.7. The second-order valence-electron chi connectivity index (χ2n) is 5.63. The molecular weight excluding hydrogens is 254 g/mol. The van der Waals surface area contributed by atoms with Gasteiger partial charge in [-0.25, -0.2) is 0 Å². The first kappa shape index (κ1) is 15.1. The fraction of sp³-hybridized carbons (Fsp3) is 0.625. The fourth-order valence-corrected chi connectivity index (χ4v) is 2.22. The normalized spacial score (nSPS) is 17.6. The Balaban J connectivity index is 1.64. The molecule has 2 rings (SSSR count). The molecule has 0 amide bonds. The van der Waals surface area contributed by atoms with Gasteiger partial charge in [0.1, 0.15) is 24.2 Å². The minimum absolute atomic E-state index is 0.288. The number of hydrogen-bond acceptors (Lipinski definition) is 4. The number of hydrogen-bond donors (Lipinski definition) is 2. The molecule has 0 aromatic heterocycles. The number of aliphatic hydroxyl groups is 1. The van der Waals surface area contributed by atoms with Crippen LogP contribution in [0.4, 0.5) is 0 Å². The maximum Gasteiger partial charge on any atom is 0.123 e. The molecule has 2 unspecified atom stereocenters. The van der Waals surface area contributed by atoms with Crippen LogP contribution in [-0.2, 0) is 0 Å². The third-order valence-electron chi connectivity index (χ3n) is 3.57. The van der Waals surface area contributed by atoms with Gasteiger partial charge in [0.2, 0.25) is 0 Å². The van der Waals surface area contributed by atoms with Crippen molar-refractivity contribution in [2.45, 2.75) is 38.3 Å². The lowest BCUT2D eigenvalue weighted by Crippen LogP contribution is -2.36. The van der Waals surface area contributed by atoms with Crippen molar-refractivity contribution >= 4 is 0 Å². The summed E-state index contributed by atoms with van der Waals surface area (Å²) >= 11 is 0. The third-order valence-corrected chi connectivity index (χ3v) is 3.57. The smallest absolute Gasteiger partial charge is 0.123 e. The van der Waals surface area contributed by atoms with E-state index in [1.807, 2.05) is 24.3 Å². The Bertz CT molecular complexity index is 406. The molecule has 1 aromatic carbocycles. The van der Waals surface area contributed by atoms with Gasteiger partial charge in [0.15, 0.2) is 0 Å². The van der Waals surface area contributed by atoms with Crippen LogP contribution in [0.1, 0.15) is 26.2 Å². The van der Waals surface area contributed by atoms with Crippen LogP contribution in [0.15, 0.2) is 24.3 Å². The molecule has 0 aliphatic heterocycles. The topological polar surface area (TPSA) is 50.7 Å². The van der Waals surface area contributed by atoms with E-state index in [-0.39, 0.29) is 6.61 Å². The Hall–Kier alpha value is -1.26. The van der Waals surface area contributed by atoms with Crippen LogP contribution in [0.3, 0.4) is 0 Å². The number of ether oxygens (including phenoxy) is 2. The van der Waals surface area contributed by atoms with Crippen LogP contribution < -0.4 is 14.8 Å². The number of rotatable bonds is 9. The van der Waals surface area contributed by atoms with Crippen LogP contribution in [0.25, 0.3) is 0 Å².